The van der Waals surface area contributed by atoms with Gasteiger partial charge < -0.3 is 15.3 Å². The first kappa shape index (κ1) is 30.0. The van der Waals surface area contributed by atoms with E-state index in [-0.39, 0.29) is 17.9 Å². The van der Waals surface area contributed by atoms with E-state index in [1.807, 2.05) is 4.90 Å². The highest BCUT2D eigenvalue weighted by molar-refractivity contribution is 6.36. The Bertz CT molecular complexity index is 1140. The Balaban J connectivity index is 0.000000505. The number of carboxylic acid groups (broad SMARTS) is 1. The van der Waals surface area contributed by atoms with E-state index < -0.39 is 23.9 Å². The van der Waals surface area contributed by atoms with Crippen molar-refractivity contribution in [3.05, 3.63) is 57.6 Å². The van der Waals surface area contributed by atoms with Gasteiger partial charge in [0.1, 0.15) is 0 Å². The summed E-state index contributed by atoms with van der Waals surface area (Å²) in [6.45, 7) is 2.59. The van der Waals surface area contributed by atoms with E-state index >= 15 is 0 Å². The van der Waals surface area contributed by atoms with E-state index in [9.17, 15) is 31.1 Å². The van der Waals surface area contributed by atoms with Gasteiger partial charge in [-0.25, -0.2) is 4.79 Å². The number of likely N-dealkylation sites (tertiary alicyclic amines) is 1. The lowest BCUT2D eigenvalue weighted by molar-refractivity contribution is -0.192. The van der Waals surface area contributed by atoms with Crippen molar-refractivity contribution in [3.8, 4) is 11.1 Å². The maximum absolute atomic E-state index is 13.0. The molecule has 0 aliphatic carbocycles. The van der Waals surface area contributed by atoms with Crippen molar-refractivity contribution in [1.29, 1.82) is 0 Å². The highest BCUT2D eigenvalue weighted by Gasteiger charge is 2.38. The highest BCUT2D eigenvalue weighted by Crippen LogP contribution is 2.37. The van der Waals surface area contributed by atoms with E-state index in [0.29, 0.717) is 33.2 Å². The van der Waals surface area contributed by atoms with Crippen LogP contribution in [0.15, 0.2) is 36.4 Å². The molecule has 0 saturated carbocycles. The van der Waals surface area contributed by atoms with Crippen molar-refractivity contribution in [2.75, 3.05) is 19.6 Å². The van der Waals surface area contributed by atoms with Gasteiger partial charge in [-0.15, -0.1) is 0 Å². The molecule has 2 heterocycles. The van der Waals surface area contributed by atoms with Gasteiger partial charge in [-0.1, -0.05) is 35.3 Å². The molecule has 1 unspecified atom stereocenters. The smallest absolute Gasteiger partial charge is 0.475 e. The number of carboxylic acids is 1. The van der Waals surface area contributed by atoms with Gasteiger partial charge in [0, 0.05) is 28.5 Å². The van der Waals surface area contributed by atoms with E-state index in [1.54, 1.807) is 18.2 Å². The highest BCUT2D eigenvalue weighted by atomic mass is 35.5. The van der Waals surface area contributed by atoms with Crippen molar-refractivity contribution in [1.82, 2.24) is 10.2 Å². The average Bonchev–Trinajstić information content (AvgIpc) is 3.21. The molecule has 4 rings (SSSR count). The lowest BCUT2D eigenvalue weighted by Gasteiger charge is -2.31. The quantitative estimate of drug-likeness (QED) is 0.405. The summed E-state index contributed by atoms with van der Waals surface area (Å²) in [6, 6.07) is 8.60. The van der Waals surface area contributed by atoms with Crippen molar-refractivity contribution >= 4 is 35.1 Å². The van der Waals surface area contributed by atoms with Crippen LogP contribution in [0.2, 0.25) is 10.0 Å². The molecule has 2 aromatic rings. The van der Waals surface area contributed by atoms with Crippen LogP contribution >= 0.6 is 23.2 Å². The molecule has 208 valence electrons. The molecule has 0 radical (unpaired) electrons. The predicted octanol–water partition coefficient (Wildman–Crippen LogP) is 6.46. The van der Waals surface area contributed by atoms with Crippen molar-refractivity contribution in [3.63, 3.8) is 0 Å². The van der Waals surface area contributed by atoms with E-state index in [1.165, 1.54) is 6.07 Å². The number of carbonyl (C=O) groups is 2. The van der Waals surface area contributed by atoms with Crippen LogP contribution < -0.4 is 5.32 Å². The average molecular weight is 585 g/mol. The summed E-state index contributed by atoms with van der Waals surface area (Å²) in [5.74, 6) is -2.79. The lowest BCUT2D eigenvalue weighted by atomic mass is 9.95. The Morgan fingerprint density at radius 3 is 2.08 bits per heavy atom. The van der Waals surface area contributed by atoms with Gasteiger partial charge in [-0.05, 0) is 79.7 Å². The molecule has 5 nitrogen and oxygen atoms in total. The third-order valence-electron chi connectivity index (χ3n) is 6.46. The summed E-state index contributed by atoms with van der Waals surface area (Å²) in [6.07, 6.45) is -6.39. The Labute approximate surface area is 224 Å². The van der Waals surface area contributed by atoms with Crippen LogP contribution in [0.5, 0.6) is 0 Å². The molecule has 0 bridgehead atoms. The summed E-state index contributed by atoms with van der Waals surface area (Å²) < 4.78 is 70.9. The number of benzene rings is 2. The SMILES string of the molecule is O=C(O)C(F)(F)F.O=C1C(Cc2c(Cl)cc(-c3cccc(C(F)(F)F)c3)cc2Cl)CCN1C1CCNCC1. The lowest BCUT2D eigenvalue weighted by Crippen LogP contribution is -2.44. The Morgan fingerprint density at radius 1 is 0.974 bits per heavy atom. The number of amides is 1. The topological polar surface area (TPSA) is 69.6 Å². The molecule has 2 aliphatic heterocycles. The molecule has 2 aromatic carbocycles. The second-order valence-electron chi connectivity index (χ2n) is 9.00. The van der Waals surface area contributed by atoms with E-state index in [0.717, 1.165) is 51.0 Å². The number of alkyl halides is 6. The van der Waals surface area contributed by atoms with Gasteiger partial charge in [0.25, 0.3) is 0 Å². The van der Waals surface area contributed by atoms with Gasteiger partial charge in [0.15, 0.2) is 0 Å². The largest absolute Gasteiger partial charge is 0.490 e. The fourth-order valence-electron chi connectivity index (χ4n) is 4.52. The second kappa shape index (κ2) is 12.1. The molecule has 1 atom stereocenters. The molecule has 38 heavy (non-hydrogen) atoms. The summed E-state index contributed by atoms with van der Waals surface area (Å²) in [4.78, 5) is 23.9. The maximum atomic E-state index is 13.0. The van der Waals surface area contributed by atoms with Gasteiger partial charge in [-0.2, -0.15) is 26.3 Å². The first-order valence-electron chi connectivity index (χ1n) is 11.7. The van der Waals surface area contributed by atoms with Crippen molar-refractivity contribution < 1.29 is 41.0 Å². The third-order valence-corrected chi connectivity index (χ3v) is 7.13. The number of hydrogen-bond donors (Lipinski definition) is 2. The van der Waals surface area contributed by atoms with Gasteiger partial charge >= 0.3 is 18.3 Å². The van der Waals surface area contributed by atoms with E-state index in [2.05, 4.69) is 5.32 Å². The van der Waals surface area contributed by atoms with Crippen molar-refractivity contribution in [2.24, 2.45) is 5.92 Å². The standard InChI is InChI=1S/C23H23Cl2F3N2O.C2HF3O2/c24-20-12-16(14-2-1-3-17(10-14)23(26,27)28)13-21(25)19(20)11-15-6-9-30(22(15)31)18-4-7-29-8-5-18;3-2(4,5)1(6)7/h1-3,10,12-13,15,18,29H,4-9,11H2;(H,6,7). The first-order valence-corrected chi connectivity index (χ1v) is 12.4. The van der Waals surface area contributed by atoms with Gasteiger partial charge in [0.2, 0.25) is 5.91 Å². The van der Waals surface area contributed by atoms with Crippen LogP contribution in [-0.4, -0.2) is 53.7 Å². The summed E-state index contributed by atoms with van der Waals surface area (Å²) in [7, 11) is 0. The van der Waals surface area contributed by atoms with Crippen LogP contribution in [0.1, 0.15) is 30.4 Å². The van der Waals surface area contributed by atoms with Crippen LogP contribution in [0.4, 0.5) is 26.3 Å². The number of carbonyl (C=O) groups excluding carboxylic acids is 1. The van der Waals surface area contributed by atoms with Crippen molar-refractivity contribution in [2.45, 2.75) is 44.1 Å². The zero-order valence-electron chi connectivity index (χ0n) is 19.8. The van der Waals surface area contributed by atoms with Gasteiger partial charge in [-0.3, -0.25) is 4.79 Å². The summed E-state index contributed by atoms with van der Waals surface area (Å²) in [5.41, 5.74) is 0.846. The molecular weight excluding hydrogens is 561 g/mol. The molecule has 2 saturated heterocycles. The predicted molar refractivity (Wildman–Crippen MR) is 130 cm³/mol. The Morgan fingerprint density at radius 2 is 1.55 bits per heavy atom. The van der Waals surface area contributed by atoms with Gasteiger partial charge in [0.05, 0.1) is 5.56 Å². The van der Waals surface area contributed by atoms with E-state index in [4.69, 9.17) is 33.1 Å². The number of piperidine rings is 1. The molecule has 13 heteroatoms. The number of rotatable bonds is 4. The normalized spacial score (nSPS) is 18.8. The number of nitrogens with zero attached hydrogens (tertiary/aromatic N) is 1. The number of hydrogen-bond acceptors (Lipinski definition) is 3. The Hall–Kier alpha value is -2.50. The zero-order valence-corrected chi connectivity index (χ0v) is 21.3. The summed E-state index contributed by atoms with van der Waals surface area (Å²) in [5, 5.41) is 11.2. The molecule has 2 N–H and O–H groups in total. The molecule has 0 aromatic heterocycles. The summed E-state index contributed by atoms with van der Waals surface area (Å²) >= 11 is 13.0. The van der Waals surface area contributed by atoms with Crippen LogP contribution in [0, 0.1) is 5.92 Å². The molecular formula is C25H24Cl2F6N2O3. The zero-order chi connectivity index (χ0) is 28.3. The molecule has 2 aliphatic rings. The molecule has 0 spiro atoms. The minimum absolute atomic E-state index is 0.140. The first-order chi connectivity index (χ1) is 17.7. The minimum atomic E-state index is -5.08. The Kier molecular flexibility index (Phi) is 9.59. The van der Waals surface area contributed by atoms with Crippen LogP contribution in [0.3, 0.4) is 0 Å². The molecule has 1 amide bonds. The number of nitrogens with one attached hydrogen (secondary N) is 1. The second-order valence-corrected chi connectivity index (χ2v) is 9.82. The van der Waals surface area contributed by atoms with Crippen LogP contribution in [-0.2, 0) is 22.2 Å². The molecule has 2 fully saturated rings. The number of halogens is 8. The fourth-order valence-corrected chi connectivity index (χ4v) is 5.16. The fraction of sp³-hybridized carbons (Fsp3) is 0.440. The number of aliphatic carboxylic acids is 1. The third kappa shape index (κ3) is 7.54. The monoisotopic (exact) mass is 584 g/mol. The van der Waals surface area contributed by atoms with Crippen LogP contribution in [0.25, 0.3) is 11.1 Å². The minimum Gasteiger partial charge on any atom is -0.475 e. The maximum Gasteiger partial charge on any atom is 0.490 e.